The van der Waals surface area contributed by atoms with Gasteiger partial charge in [0.05, 0.1) is 6.04 Å². The molecule has 21 heavy (non-hydrogen) atoms. The van der Waals surface area contributed by atoms with Gasteiger partial charge in [-0.2, -0.15) is 0 Å². The number of aryl methyl sites for hydroxylation is 1. The summed E-state index contributed by atoms with van der Waals surface area (Å²) < 4.78 is 5.45. The lowest BCUT2D eigenvalue weighted by molar-refractivity contribution is -0.123. The molecule has 2 aromatic rings. The summed E-state index contributed by atoms with van der Waals surface area (Å²) in [6.45, 7) is 0.0142. The van der Waals surface area contributed by atoms with Crippen LogP contribution in [0.15, 0.2) is 48.5 Å². The molecule has 0 aliphatic heterocycles. The number of amides is 1. The fourth-order valence-corrected chi connectivity index (χ4v) is 2.75. The summed E-state index contributed by atoms with van der Waals surface area (Å²) >= 11 is 5.80. The molecule has 0 radical (unpaired) electrons. The first-order chi connectivity index (χ1) is 10.2. The minimum Gasteiger partial charge on any atom is -0.484 e. The lowest BCUT2D eigenvalue weighted by atomic mass is 10.1. The Kier molecular flexibility index (Phi) is 4.11. The monoisotopic (exact) mass is 301 g/mol. The number of nitrogens with one attached hydrogen (secondary N) is 1. The molecule has 1 atom stereocenters. The van der Waals surface area contributed by atoms with Crippen LogP contribution in [-0.4, -0.2) is 12.5 Å². The van der Waals surface area contributed by atoms with Crippen LogP contribution in [0.5, 0.6) is 5.75 Å². The van der Waals surface area contributed by atoms with Gasteiger partial charge in [0, 0.05) is 5.02 Å². The Labute approximate surface area is 128 Å². The maximum absolute atomic E-state index is 12.0. The molecule has 0 saturated carbocycles. The minimum atomic E-state index is -0.105. The second-order valence-corrected chi connectivity index (χ2v) is 5.54. The molecule has 3 rings (SSSR count). The molecule has 108 valence electrons. The zero-order valence-corrected chi connectivity index (χ0v) is 12.3. The van der Waals surface area contributed by atoms with Crippen LogP contribution in [-0.2, 0) is 11.2 Å². The van der Waals surface area contributed by atoms with E-state index in [2.05, 4.69) is 17.4 Å². The predicted molar refractivity (Wildman–Crippen MR) is 82.6 cm³/mol. The zero-order chi connectivity index (χ0) is 14.7. The summed E-state index contributed by atoms with van der Waals surface area (Å²) in [5, 5.41) is 3.67. The molecule has 0 heterocycles. The molecule has 0 aromatic heterocycles. The average Bonchev–Trinajstić information content (AvgIpc) is 2.90. The van der Waals surface area contributed by atoms with Crippen molar-refractivity contribution in [2.24, 2.45) is 0 Å². The van der Waals surface area contributed by atoms with Crippen LogP contribution >= 0.6 is 11.6 Å². The van der Waals surface area contributed by atoms with Crippen LogP contribution in [0.1, 0.15) is 23.6 Å². The van der Waals surface area contributed by atoms with Gasteiger partial charge in [0.1, 0.15) is 5.75 Å². The SMILES string of the molecule is O=C(COc1ccc(Cl)cc1)NC1CCc2ccccc21. The number of benzene rings is 2. The molecule has 4 heteroatoms. The third-order valence-corrected chi connectivity index (χ3v) is 3.90. The Bertz CT molecular complexity index is 639. The molecular formula is C17H16ClNO2. The summed E-state index contributed by atoms with van der Waals surface area (Å²) in [5.41, 5.74) is 2.54. The van der Waals surface area contributed by atoms with E-state index in [0.29, 0.717) is 10.8 Å². The Balaban J connectivity index is 1.54. The highest BCUT2D eigenvalue weighted by molar-refractivity contribution is 6.30. The van der Waals surface area contributed by atoms with Gasteiger partial charge in [-0.25, -0.2) is 0 Å². The molecule has 1 unspecified atom stereocenters. The maximum Gasteiger partial charge on any atom is 0.258 e. The Morgan fingerprint density at radius 2 is 1.95 bits per heavy atom. The summed E-state index contributed by atoms with van der Waals surface area (Å²) in [6, 6.07) is 15.3. The third-order valence-electron chi connectivity index (χ3n) is 3.65. The van der Waals surface area contributed by atoms with Crippen LogP contribution in [0.3, 0.4) is 0 Å². The van der Waals surface area contributed by atoms with Crippen molar-refractivity contribution in [3.05, 3.63) is 64.7 Å². The van der Waals surface area contributed by atoms with Crippen LogP contribution in [0.2, 0.25) is 5.02 Å². The van der Waals surface area contributed by atoms with E-state index in [0.717, 1.165) is 12.8 Å². The fraction of sp³-hybridized carbons (Fsp3) is 0.235. The fourth-order valence-electron chi connectivity index (χ4n) is 2.62. The number of fused-ring (bicyclic) bond motifs is 1. The normalized spacial score (nSPS) is 16.3. The van der Waals surface area contributed by atoms with Gasteiger partial charge >= 0.3 is 0 Å². The van der Waals surface area contributed by atoms with E-state index in [4.69, 9.17) is 16.3 Å². The molecule has 1 aliphatic carbocycles. The lowest BCUT2D eigenvalue weighted by Gasteiger charge is -2.14. The number of halogens is 1. The highest BCUT2D eigenvalue weighted by Gasteiger charge is 2.23. The summed E-state index contributed by atoms with van der Waals surface area (Å²) in [4.78, 5) is 12.0. The number of hydrogen-bond donors (Lipinski definition) is 1. The smallest absolute Gasteiger partial charge is 0.258 e. The van der Waals surface area contributed by atoms with Crippen LogP contribution in [0.4, 0.5) is 0 Å². The summed E-state index contributed by atoms with van der Waals surface area (Å²) in [6.07, 6.45) is 1.96. The summed E-state index contributed by atoms with van der Waals surface area (Å²) in [5.74, 6) is 0.535. The van der Waals surface area contributed by atoms with Crippen molar-refractivity contribution in [1.82, 2.24) is 5.32 Å². The van der Waals surface area contributed by atoms with Crippen molar-refractivity contribution < 1.29 is 9.53 Å². The van der Waals surface area contributed by atoms with Crippen molar-refractivity contribution in [3.63, 3.8) is 0 Å². The van der Waals surface area contributed by atoms with E-state index in [1.807, 2.05) is 12.1 Å². The van der Waals surface area contributed by atoms with E-state index in [9.17, 15) is 4.79 Å². The van der Waals surface area contributed by atoms with E-state index >= 15 is 0 Å². The van der Waals surface area contributed by atoms with Gasteiger partial charge in [-0.1, -0.05) is 35.9 Å². The molecule has 2 aromatic carbocycles. The van der Waals surface area contributed by atoms with E-state index in [-0.39, 0.29) is 18.6 Å². The molecule has 1 N–H and O–H groups in total. The number of ether oxygens (including phenoxy) is 1. The van der Waals surface area contributed by atoms with Gasteiger partial charge in [-0.05, 0) is 48.2 Å². The second kappa shape index (κ2) is 6.19. The van der Waals surface area contributed by atoms with Crippen molar-refractivity contribution in [2.75, 3.05) is 6.61 Å². The highest BCUT2D eigenvalue weighted by atomic mass is 35.5. The first-order valence-electron chi connectivity index (χ1n) is 6.98. The van der Waals surface area contributed by atoms with Crippen molar-refractivity contribution >= 4 is 17.5 Å². The number of rotatable bonds is 4. The van der Waals surface area contributed by atoms with Gasteiger partial charge in [-0.15, -0.1) is 0 Å². The first-order valence-corrected chi connectivity index (χ1v) is 7.36. The van der Waals surface area contributed by atoms with Crippen LogP contribution < -0.4 is 10.1 Å². The van der Waals surface area contributed by atoms with Crippen LogP contribution in [0, 0.1) is 0 Å². The molecule has 0 fully saturated rings. The van der Waals surface area contributed by atoms with Crippen LogP contribution in [0.25, 0.3) is 0 Å². The van der Waals surface area contributed by atoms with Gasteiger partial charge in [0.25, 0.3) is 5.91 Å². The van der Waals surface area contributed by atoms with Gasteiger partial charge < -0.3 is 10.1 Å². The molecule has 1 amide bonds. The van der Waals surface area contributed by atoms with Gasteiger partial charge in [0.2, 0.25) is 0 Å². The quantitative estimate of drug-likeness (QED) is 0.938. The Morgan fingerprint density at radius 1 is 1.19 bits per heavy atom. The number of hydrogen-bond acceptors (Lipinski definition) is 2. The Hall–Kier alpha value is -2.00. The van der Waals surface area contributed by atoms with E-state index < -0.39 is 0 Å². The standard InChI is InChI=1S/C17H16ClNO2/c18-13-6-8-14(9-7-13)21-11-17(20)19-16-10-5-12-3-1-2-4-15(12)16/h1-4,6-9,16H,5,10-11H2,(H,19,20). The van der Waals surface area contributed by atoms with E-state index in [1.165, 1.54) is 11.1 Å². The minimum absolute atomic E-state index is 0.0142. The zero-order valence-electron chi connectivity index (χ0n) is 11.5. The molecule has 0 bridgehead atoms. The largest absolute Gasteiger partial charge is 0.484 e. The molecule has 1 aliphatic rings. The third kappa shape index (κ3) is 3.37. The predicted octanol–water partition coefficient (Wildman–Crippen LogP) is 3.52. The maximum atomic E-state index is 12.0. The molecular weight excluding hydrogens is 286 g/mol. The molecule has 3 nitrogen and oxygen atoms in total. The van der Waals surface area contributed by atoms with Crippen molar-refractivity contribution in [2.45, 2.75) is 18.9 Å². The number of carbonyl (C=O) groups is 1. The van der Waals surface area contributed by atoms with Gasteiger partial charge in [0.15, 0.2) is 6.61 Å². The summed E-state index contributed by atoms with van der Waals surface area (Å²) in [7, 11) is 0. The Morgan fingerprint density at radius 3 is 2.76 bits per heavy atom. The molecule has 0 spiro atoms. The lowest BCUT2D eigenvalue weighted by Crippen LogP contribution is -2.31. The van der Waals surface area contributed by atoms with Crippen molar-refractivity contribution in [3.8, 4) is 5.75 Å². The second-order valence-electron chi connectivity index (χ2n) is 5.10. The number of carbonyl (C=O) groups excluding carboxylic acids is 1. The van der Waals surface area contributed by atoms with Gasteiger partial charge in [-0.3, -0.25) is 4.79 Å². The average molecular weight is 302 g/mol. The van der Waals surface area contributed by atoms with E-state index in [1.54, 1.807) is 24.3 Å². The topological polar surface area (TPSA) is 38.3 Å². The first kappa shape index (κ1) is 14.0. The molecule has 0 saturated heterocycles. The van der Waals surface area contributed by atoms with Crippen molar-refractivity contribution in [1.29, 1.82) is 0 Å². The highest BCUT2D eigenvalue weighted by Crippen LogP contribution is 2.30.